The fourth-order valence-electron chi connectivity index (χ4n) is 4.15. The van der Waals surface area contributed by atoms with Crippen LogP contribution in [0.2, 0.25) is 0 Å². The fourth-order valence-corrected chi connectivity index (χ4v) is 4.15. The standard InChI is InChI=1S/C19H28N2O3/c1-2-14-13-21(19(23)17-8-5-11-24-17)10-9-15(14)12-18(22)20-16-6-3-4-7-16/h5,8,11,14-16H,2-4,6-7,9-10,12-13H2,1H3,(H,20,22)/t14-,15-/m0/s1. The molecule has 0 spiro atoms. The van der Waals surface area contributed by atoms with Crippen molar-refractivity contribution in [1.82, 2.24) is 10.2 Å². The van der Waals surface area contributed by atoms with E-state index in [1.54, 1.807) is 12.1 Å². The molecule has 2 fully saturated rings. The highest BCUT2D eigenvalue weighted by atomic mass is 16.3. The maximum atomic E-state index is 12.4. The largest absolute Gasteiger partial charge is 0.459 e. The summed E-state index contributed by atoms with van der Waals surface area (Å²) in [7, 11) is 0. The third kappa shape index (κ3) is 4.00. The number of nitrogens with zero attached hydrogens (tertiary/aromatic N) is 1. The van der Waals surface area contributed by atoms with Gasteiger partial charge in [0, 0.05) is 25.6 Å². The number of hydrogen-bond acceptors (Lipinski definition) is 3. The Balaban J connectivity index is 1.53. The normalized spacial score (nSPS) is 25.0. The summed E-state index contributed by atoms with van der Waals surface area (Å²) in [6.45, 7) is 3.57. The van der Waals surface area contributed by atoms with Gasteiger partial charge in [-0.1, -0.05) is 26.2 Å². The van der Waals surface area contributed by atoms with E-state index >= 15 is 0 Å². The van der Waals surface area contributed by atoms with Crippen LogP contribution in [0.1, 0.15) is 62.4 Å². The summed E-state index contributed by atoms with van der Waals surface area (Å²) < 4.78 is 5.23. The van der Waals surface area contributed by atoms with Crippen molar-refractivity contribution < 1.29 is 14.0 Å². The van der Waals surface area contributed by atoms with Crippen molar-refractivity contribution in [3.8, 4) is 0 Å². The van der Waals surface area contributed by atoms with E-state index in [9.17, 15) is 9.59 Å². The van der Waals surface area contributed by atoms with Crippen LogP contribution >= 0.6 is 0 Å². The van der Waals surface area contributed by atoms with E-state index in [2.05, 4.69) is 12.2 Å². The number of rotatable bonds is 5. The van der Waals surface area contributed by atoms with Crippen LogP contribution in [0.3, 0.4) is 0 Å². The smallest absolute Gasteiger partial charge is 0.289 e. The van der Waals surface area contributed by atoms with Crippen LogP contribution in [-0.2, 0) is 4.79 Å². The maximum absolute atomic E-state index is 12.4. The third-order valence-electron chi connectivity index (χ3n) is 5.60. The van der Waals surface area contributed by atoms with Gasteiger partial charge in [0.05, 0.1) is 6.26 Å². The second kappa shape index (κ2) is 7.86. The second-order valence-corrected chi connectivity index (χ2v) is 7.20. The Morgan fingerprint density at radius 3 is 2.71 bits per heavy atom. The predicted molar refractivity (Wildman–Crippen MR) is 91.5 cm³/mol. The predicted octanol–water partition coefficient (Wildman–Crippen LogP) is 3.22. The monoisotopic (exact) mass is 332 g/mol. The van der Waals surface area contributed by atoms with E-state index in [1.807, 2.05) is 4.90 Å². The summed E-state index contributed by atoms with van der Waals surface area (Å²) >= 11 is 0. The zero-order chi connectivity index (χ0) is 16.9. The van der Waals surface area contributed by atoms with Gasteiger partial charge in [0.15, 0.2) is 5.76 Å². The van der Waals surface area contributed by atoms with Crippen LogP contribution in [0.25, 0.3) is 0 Å². The number of carbonyl (C=O) groups is 2. The molecule has 3 rings (SSSR count). The maximum Gasteiger partial charge on any atom is 0.289 e. The Morgan fingerprint density at radius 1 is 1.25 bits per heavy atom. The number of furan rings is 1. The number of nitrogens with one attached hydrogen (secondary N) is 1. The van der Waals surface area contributed by atoms with Crippen LogP contribution < -0.4 is 5.32 Å². The van der Waals surface area contributed by atoms with Gasteiger partial charge in [-0.05, 0) is 43.2 Å². The molecule has 0 unspecified atom stereocenters. The van der Waals surface area contributed by atoms with Crippen LogP contribution in [0.5, 0.6) is 0 Å². The van der Waals surface area contributed by atoms with Gasteiger partial charge in [0.2, 0.25) is 5.91 Å². The van der Waals surface area contributed by atoms with Crippen LogP contribution in [0, 0.1) is 11.8 Å². The highest BCUT2D eigenvalue weighted by molar-refractivity contribution is 5.91. The Morgan fingerprint density at radius 2 is 2.04 bits per heavy atom. The first-order chi connectivity index (χ1) is 11.7. The summed E-state index contributed by atoms with van der Waals surface area (Å²) in [6.07, 6.45) is 8.72. The number of hydrogen-bond donors (Lipinski definition) is 1. The minimum absolute atomic E-state index is 0.0349. The van der Waals surface area contributed by atoms with E-state index in [4.69, 9.17) is 4.42 Å². The van der Waals surface area contributed by atoms with E-state index in [0.29, 0.717) is 36.6 Å². The molecule has 132 valence electrons. The van der Waals surface area contributed by atoms with E-state index in [-0.39, 0.29) is 11.8 Å². The number of piperidine rings is 1. The van der Waals surface area contributed by atoms with Crippen molar-refractivity contribution in [2.75, 3.05) is 13.1 Å². The Labute approximate surface area is 143 Å². The van der Waals surface area contributed by atoms with E-state index in [1.165, 1.54) is 19.1 Å². The molecule has 2 atom stereocenters. The first-order valence-electron chi connectivity index (χ1n) is 9.29. The summed E-state index contributed by atoms with van der Waals surface area (Å²) in [6, 6.07) is 3.84. The van der Waals surface area contributed by atoms with Crippen LogP contribution in [-0.4, -0.2) is 35.8 Å². The Bertz CT molecular complexity index is 549. The topological polar surface area (TPSA) is 62.6 Å². The zero-order valence-corrected chi connectivity index (χ0v) is 14.5. The summed E-state index contributed by atoms with van der Waals surface area (Å²) in [5.74, 6) is 1.31. The second-order valence-electron chi connectivity index (χ2n) is 7.20. The molecular formula is C19H28N2O3. The molecule has 1 saturated carbocycles. The minimum Gasteiger partial charge on any atom is -0.459 e. The van der Waals surface area contributed by atoms with Crippen LogP contribution in [0.4, 0.5) is 0 Å². The lowest BCUT2D eigenvalue weighted by Crippen LogP contribution is -2.45. The van der Waals surface area contributed by atoms with E-state index in [0.717, 1.165) is 32.2 Å². The molecule has 1 aliphatic carbocycles. The molecule has 2 aliphatic rings. The molecule has 1 N–H and O–H groups in total. The average molecular weight is 332 g/mol. The summed E-state index contributed by atoms with van der Waals surface area (Å²) in [5, 5.41) is 3.19. The Kier molecular flexibility index (Phi) is 5.59. The van der Waals surface area contributed by atoms with Gasteiger partial charge >= 0.3 is 0 Å². The highest BCUT2D eigenvalue weighted by Crippen LogP contribution is 2.30. The molecule has 0 aromatic carbocycles. The van der Waals surface area contributed by atoms with Crippen molar-refractivity contribution >= 4 is 11.8 Å². The van der Waals surface area contributed by atoms with Gasteiger partial charge in [-0.3, -0.25) is 9.59 Å². The number of amides is 2. The molecule has 1 aromatic heterocycles. The molecule has 0 bridgehead atoms. The van der Waals surface area contributed by atoms with Gasteiger partial charge in [-0.2, -0.15) is 0 Å². The molecule has 1 saturated heterocycles. The molecular weight excluding hydrogens is 304 g/mol. The molecule has 2 amide bonds. The quantitative estimate of drug-likeness (QED) is 0.900. The SMILES string of the molecule is CC[C@H]1CN(C(=O)c2ccco2)CC[C@H]1CC(=O)NC1CCCC1. The van der Waals surface area contributed by atoms with Gasteiger partial charge in [0.25, 0.3) is 5.91 Å². The van der Waals surface area contributed by atoms with Gasteiger partial charge in [0.1, 0.15) is 0 Å². The van der Waals surface area contributed by atoms with Crippen molar-refractivity contribution in [1.29, 1.82) is 0 Å². The summed E-state index contributed by atoms with van der Waals surface area (Å²) in [5.41, 5.74) is 0. The first kappa shape index (κ1) is 17.1. The van der Waals surface area contributed by atoms with E-state index < -0.39 is 0 Å². The van der Waals surface area contributed by atoms with Crippen molar-refractivity contribution in [2.24, 2.45) is 11.8 Å². The lowest BCUT2D eigenvalue weighted by Gasteiger charge is -2.38. The molecule has 5 heteroatoms. The summed E-state index contributed by atoms with van der Waals surface area (Å²) in [4.78, 5) is 26.6. The molecule has 24 heavy (non-hydrogen) atoms. The fraction of sp³-hybridized carbons (Fsp3) is 0.684. The average Bonchev–Trinajstić information content (AvgIpc) is 3.28. The molecule has 2 heterocycles. The van der Waals surface area contributed by atoms with Gasteiger partial charge in [-0.15, -0.1) is 0 Å². The van der Waals surface area contributed by atoms with Crippen LogP contribution in [0.15, 0.2) is 22.8 Å². The third-order valence-corrected chi connectivity index (χ3v) is 5.60. The highest BCUT2D eigenvalue weighted by Gasteiger charge is 2.33. The number of carbonyl (C=O) groups excluding carboxylic acids is 2. The molecule has 5 nitrogen and oxygen atoms in total. The lowest BCUT2D eigenvalue weighted by molar-refractivity contribution is -0.123. The number of likely N-dealkylation sites (tertiary alicyclic amines) is 1. The molecule has 1 aromatic rings. The van der Waals surface area contributed by atoms with Gasteiger partial charge in [-0.25, -0.2) is 0 Å². The Hall–Kier alpha value is -1.78. The van der Waals surface area contributed by atoms with Crippen molar-refractivity contribution in [2.45, 2.75) is 57.9 Å². The van der Waals surface area contributed by atoms with Crippen molar-refractivity contribution in [3.05, 3.63) is 24.2 Å². The van der Waals surface area contributed by atoms with Crippen molar-refractivity contribution in [3.63, 3.8) is 0 Å². The lowest BCUT2D eigenvalue weighted by atomic mass is 9.81. The molecule has 1 aliphatic heterocycles. The molecule has 0 radical (unpaired) electrons. The zero-order valence-electron chi connectivity index (χ0n) is 14.5. The minimum atomic E-state index is -0.0349. The first-order valence-corrected chi connectivity index (χ1v) is 9.29. The van der Waals surface area contributed by atoms with Gasteiger partial charge < -0.3 is 14.6 Å².